The van der Waals surface area contributed by atoms with Crippen LogP contribution in [0.25, 0.3) is 0 Å². The molecule has 0 spiro atoms. The van der Waals surface area contributed by atoms with Crippen molar-refractivity contribution in [2.24, 2.45) is 0 Å². The highest BCUT2D eigenvalue weighted by Gasteiger charge is 2.35. The smallest absolute Gasteiger partial charge is 0.349 e. The van der Waals surface area contributed by atoms with E-state index in [4.69, 9.17) is 0 Å². The number of methoxy groups -OCH3 is 1. The van der Waals surface area contributed by atoms with E-state index in [0.717, 1.165) is 30.7 Å². The predicted molar refractivity (Wildman–Crippen MR) is 88.4 cm³/mol. The van der Waals surface area contributed by atoms with Gasteiger partial charge in [-0.25, -0.2) is 13.2 Å². The first kappa shape index (κ1) is 19.4. The van der Waals surface area contributed by atoms with Crippen LogP contribution in [0.3, 0.4) is 0 Å². The molecule has 2 heterocycles. The van der Waals surface area contributed by atoms with Crippen molar-refractivity contribution in [3.8, 4) is 0 Å². The Balaban J connectivity index is 0.00000242. The third kappa shape index (κ3) is 3.80. The monoisotopic (exact) mass is 368 g/mol. The molecule has 1 aromatic rings. The first-order chi connectivity index (χ1) is 10.0. The molecule has 2 rings (SSSR count). The molecule has 6 nitrogen and oxygen atoms in total. The van der Waals surface area contributed by atoms with Crippen molar-refractivity contribution in [3.05, 3.63) is 16.3 Å². The molecule has 1 saturated heterocycles. The summed E-state index contributed by atoms with van der Waals surface area (Å²) in [4.78, 5) is 11.9. The first-order valence-electron chi connectivity index (χ1n) is 6.90. The number of carbonyl (C=O) groups is 1. The number of hydrogen-bond donors (Lipinski definition) is 1. The molecular weight excluding hydrogens is 348 g/mol. The van der Waals surface area contributed by atoms with Gasteiger partial charge in [0.05, 0.1) is 7.11 Å². The summed E-state index contributed by atoms with van der Waals surface area (Å²) in [5.74, 6) is -0.607. The van der Waals surface area contributed by atoms with E-state index < -0.39 is 16.0 Å². The fraction of sp³-hybridized carbons (Fsp3) is 0.615. The molecule has 1 aliphatic heterocycles. The molecule has 9 heteroatoms. The van der Waals surface area contributed by atoms with Gasteiger partial charge in [0.1, 0.15) is 9.77 Å². The van der Waals surface area contributed by atoms with E-state index in [-0.39, 0.29) is 28.2 Å². The summed E-state index contributed by atoms with van der Waals surface area (Å²) in [6.07, 6.45) is 1.52. The minimum atomic E-state index is -3.69. The van der Waals surface area contributed by atoms with Crippen LogP contribution in [-0.2, 0) is 14.8 Å². The molecular formula is C13H21ClN2O4S2. The summed E-state index contributed by atoms with van der Waals surface area (Å²) < 4.78 is 32.0. The summed E-state index contributed by atoms with van der Waals surface area (Å²) in [5.41, 5.74) is 0. The fourth-order valence-corrected chi connectivity index (χ4v) is 5.53. The Kier molecular flexibility index (Phi) is 7.27. The minimum Gasteiger partial charge on any atom is -0.465 e. The Morgan fingerprint density at radius 2 is 2.27 bits per heavy atom. The number of nitrogens with one attached hydrogen (secondary N) is 1. The second-order valence-electron chi connectivity index (χ2n) is 4.87. The van der Waals surface area contributed by atoms with E-state index in [1.165, 1.54) is 17.5 Å². The summed E-state index contributed by atoms with van der Waals surface area (Å²) in [6, 6.07) is 1.43. The molecule has 0 aromatic carbocycles. The SMILES string of the molecule is CCCN(C1CCNC1)S(=O)(=O)c1ccsc1C(=O)OC.Cl. The molecule has 1 atom stereocenters. The van der Waals surface area contributed by atoms with Crippen molar-refractivity contribution < 1.29 is 17.9 Å². The average molecular weight is 369 g/mol. The molecule has 1 unspecified atom stereocenters. The van der Waals surface area contributed by atoms with E-state index in [1.54, 1.807) is 5.38 Å². The van der Waals surface area contributed by atoms with E-state index in [1.807, 2.05) is 6.92 Å². The topological polar surface area (TPSA) is 75.7 Å². The molecule has 0 radical (unpaired) electrons. The lowest BCUT2D eigenvalue weighted by atomic mass is 10.2. The van der Waals surface area contributed by atoms with E-state index in [2.05, 4.69) is 10.1 Å². The van der Waals surface area contributed by atoms with Crippen molar-refractivity contribution in [2.75, 3.05) is 26.7 Å². The first-order valence-corrected chi connectivity index (χ1v) is 9.22. The lowest BCUT2D eigenvalue weighted by Crippen LogP contribution is -2.42. The van der Waals surface area contributed by atoms with Gasteiger partial charge in [0.2, 0.25) is 10.0 Å². The minimum absolute atomic E-state index is 0. The number of thiophene rings is 1. The Bertz CT molecular complexity index is 597. The van der Waals surface area contributed by atoms with Gasteiger partial charge in [0, 0.05) is 19.1 Å². The number of carbonyl (C=O) groups excluding carboxylic acids is 1. The van der Waals surface area contributed by atoms with Crippen LogP contribution < -0.4 is 5.32 Å². The van der Waals surface area contributed by atoms with Crippen LogP contribution in [0, 0.1) is 0 Å². The fourth-order valence-electron chi connectivity index (χ4n) is 2.47. The lowest BCUT2D eigenvalue weighted by Gasteiger charge is -2.27. The Hall–Kier alpha value is -0.670. The zero-order valence-electron chi connectivity index (χ0n) is 12.6. The highest BCUT2D eigenvalue weighted by molar-refractivity contribution is 7.89. The van der Waals surface area contributed by atoms with Crippen molar-refractivity contribution in [2.45, 2.75) is 30.7 Å². The van der Waals surface area contributed by atoms with E-state index in [9.17, 15) is 13.2 Å². The highest BCUT2D eigenvalue weighted by Crippen LogP contribution is 2.28. The Morgan fingerprint density at radius 3 is 2.82 bits per heavy atom. The molecule has 0 aliphatic carbocycles. The van der Waals surface area contributed by atoms with Gasteiger partial charge < -0.3 is 10.1 Å². The number of hydrogen-bond acceptors (Lipinski definition) is 6. The zero-order valence-corrected chi connectivity index (χ0v) is 15.0. The Labute approximate surface area is 141 Å². The maximum Gasteiger partial charge on any atom is 0.349 e. The largest absolute Gasteiger partial charge is 0.465 e. The van der Waals surface area contributed by atoms with Gasteiger partial charge in [-0.15, -0.1) is 23.7 Å². The van der Waals surface area contributed by atoms with Crippen LogP contribution in [0.1, 0.15) is 29.4 Å². The van der Waals surface area contributed by atoms with E-state index >= 15 is 0 Å². The molecule has 1 aromatic heterocycles. The van der Waals surface area contributed by atoms with Gasteiger partial charge in [0.25, 0.3) is 0 Å². The molecule has 1 aliphatic rings. The summed E-state index contributed by atoms with van der Waals surface area (Å²) in [5, 5.41) is 4.79. The van der Waals surface area contributed by atoms with Crippen LogP contribution in [0.15, 0.2) is 16.3 Å². The van der Waals surface area contributed by atoms with Gasteiger partial charge in [-0.1, -0.05) is 6.92 Å². The van der Waals surface area contributed by atoms with Crippen LogP contribution in [0.5, 0.6) is 0 Å². The number of sulfonamides is 1. The molecule has 1 N–H and O–H groups in total. The maximum atomic E-state index is 12.9. The van der Waals surface area contributed by atoms with Crippen LogP contribution in [-0.4, -0.2) is 51.5 Å². The second kappa shape index (κ2) is 8.26. The van der Waals surface area contributed by atoms with Crippen molar-refractivity contribution in [1.82, 2.24) is 9.62 Å². The highest BCUT2D eigenvalue weighted by atomic mass is 35.5. The molecule has 126 valence electrons. The van der Waals surface area contributed by atoms with Gasteiger partial charge in [-0.05, 0) is 30.8 Å². The lowest BCUT2D eigenvalue weighted by molar-refractivity contribution is 0.0602. The van der Waals surface area contributed by atoms with Gasteiger partial charge in [-0.3, -0.25) is 0 Å². The normalized spacial score (nSPS) is 18.2. The molecule has 0 bridgehead atoms. The molecule has 0 saturated carbocycles. The van der Waals surface area contributed by atoms with E-state index in [0.29, 0.717) is 13.1 Å². The number of halogens is 1. The number of esters is 1. The van der Waals surface area contributed by atoms with Crippen LogP contribution in [0.4, 0.5) is 0 Å². The van der Waals surface area contributed by atoms with Crippen LogP contribution >= 0.6 is 23.7 Å². The quantitative estimate of drug-likeness (QED) is 0.774. The third-order valence-corrected chi connectivity index (χ3v) is 6.49. The molecule has 22 heavy (non-hydrogen) atoms. The third-order valence-electron chi connectivity index (χ3n) is 3.47. The van der Waals surface area contributed by atoms with Gasteiger partial charge >= 0.3 is 5.97 Å². The van der Waals surface area contributed by atoms with Gasteiger partial charge in [-0.2, -0.15) is 4.31 Å². The summed E-state index contributed by atoms with van der Waals surface area (Å²) in [7, 11) is -2.43. The number of ether oxygens (including phenoxy) is 1. The van der Waals surface area contributed by atoms with Crippen LogP contribution in [0.2, 0.25) is 0 Å². The molecule has 1 fully saturated rings. The second-order valence-corrected chi connectivity index (χ2v) is 7.64. The predicted octanol–water partition coefficient (Wildman–Crippen LogP) is 1.72. The van der Waals surface area contributed by atoms with Crippen molar-refractivity contribution in [1.29, 1.82) is 0 Å². The zero-order chi connectivity index (χ0) is 15.5. The standard InChI is InChI=1S/C13H20N2O4S2.ClH/c1-3-7-15(10-4-6-14-9-10)21(17,18)11-5-8-20-12(11)13(16)19-2;/h5,8,10,14H,3-4,6-7,9H2,1-2H3;1H. The van der Waals surface area contributed by atoms with Crippen molar-refractivity contribution >= 4 is 39.7 Å². The van der Waals surface area contributed by atoms with Crippen molar-refractivity contribution in [3.63, 3.8) is 0 Å². The number of rotatable bonds is 6. The number of nitrogens with zero attached hydrogens (tertiary/aromatic N) is 1. The summed E-state index contributed by atoms with van der Waals surface area (Å²) >= 11 is 1.09. The molecule has 0 amide bonds. The summed E-state index contributed by atoms with van der Waals surface area (Å²) in [6.45, 7) is 3.86. The van der Waals surface area contributed by atoms with Gasteiger partial charge in [0.15, 0.2) is 0 Å². The maximum absolute atomic E-state index is 12.9. The average Bonchev–Trinajstić information content (AvgIpc) is 3.14. The Morgan fingerprint density at radius 1 is 1.55 bits per heavy atom.